The zero-order valence-corrected chi connectivity index (χ0v) is 11.1. The molecule has 0 bridgehead atoms. The minimum Gasteiger partial charge on any atom is -0.396 e. The highest BCUT2D eigenvalue weighted by Crippen LogP contribution is 2.37. The van der Waals surface area contributed by atoms with Gasteiger partial charge in [-0.1, -0.05) is 30.3 Å². The Balaban J connectivity index is 2.38. The van der Waals surface area contributed by atoms with E-state index in [9.17, 15) is 14.8 Å². The smallest absolute Gasteiger partial charge is 0.137 e. The molecule has 0 saturated carbocycles. The largest absolute Gasteiger partial charge is 0.396 e. The van der Waals surface area contributed by atoms with E-state index < -0.39 is 5.92 Å². The predicted octanol–water partition coefficient (Wildman–Crippen LogP) is 3.66. The molecule has 2 atom stereocenters. The van der Waals surface area contributed by atoms with E-state index in [2.05, 4.69) is 6.07 Å². The molecule has 98 valence electrons. The lowest BCUT2D eigenvalue weighted by Gasteiger charge is -2.21. The molecular weight excluding hydrogens is 261 g/mol. The first kappa shape index (κ1) is 13.7. The van der Waals surface area contributed by atoms with Gasteiger partial charge in [-0.3, -0.25) is 0 Å². The van der Waals surface area contributed by atoms with Crippen molar-refractivity contribution in [2.75, 3.05) is 6.61 Å². The van der Waals surface area contributed by atoms with Crippen LogP contribution in [0, 0.1) is 17.1 Å². The van der Waals surface area contributed by atoms with Gasteiger partial charge in [-0.15, -0.1) is 11.3 Å². The Labute approximate surface area is 115 Å². The van der Waals surface area contributed by atoms with Crippen LogP contribution in [0.5, 0.6) is 0 Å². The fourth-order valence-corrected chi connectivity index (χ4v) is 3.01. The van der Waals surface area contributed by atoms with Crippen LogP contribution in [0.15, 0.2) is 41.1 Å². The molecule has 1 heterocycles. The van der Waals surface area contributed by atoms with Crippen LogP contribution in [0.3, 0.4) is 0 Å². The third-order valence-corrected chi connectivity index (χ3v) is 3.92. The normalized spacial score (nSPS) is 13.7. The van der Waals surface area contributed by atoms with Gasteiger partial charge in [-0.25, -0.2) is 4.39 Å². The highest BCUT2D eigenvalue weighted by atomic mass is 32.1. The van der Waals surface area contributed by atoms with Gasteiger partial charge in [0.05, 0.1) is 12.0 Å². The standard InChI is InChI=1S/C15H14FNOS/c16-15-10-19-9-14(15)12(6-7-18)13(8-17)11-4-2-1-3-5-11/h1-5,9-10,12-13,18H,6-7H2/t12-,13+/m1/s1. The van der Waals surface area contributed by atoms with Crippen LogP contribution in [0.25, 0.3) is 0 Å². The number of nitrogens with zero attached hydrogens (tertiary/aromatic N) is 1. The van der Waals surface area contributed by atoms with Crippen molar-refractivity contribution in [3.05, 3.63) is 58.0 Å². The zero-order valence-electron chi connectivity index (χ0n) is 10.3. The van der Waals surface area contributed by atoms with Gasteiger partial charge in [0, 0.05) is 23.5 Å². The molecule has 0 amide bonds. The number of hydrogen-bond acceptors (Lipinski definition) is 3. The summed E-state index contributed by atoms with van der Waals surface area (Å²) >= 11 is 1.28. The van der Waals surface area contributed by atoms with Crippen LogP contribution in [-0.4, -0.2) is 11.7 Å². The van der Waals surface area contributed by atoms with Crippen molar-refractivity contribution in [2.45, 2.75) is 18.3 Å². The Bertz CT molecular complexity index is 561. The average molecular weight is 275 g/mol. The van der Waals surface area contributed by atoms with E-state index in [1.165, 1.54) is 16.7 Å². The lowest BCUT2D eigenvalue weighted by molar-refractivity contribution is 0.271. The summed E-state index contributed by atoms with van der Waals surface area (Å²) < 4.78 is 13.8. The fraction of sp³-hybridized carbons (Fsp3) is 0.267. The minimum atomic E-state index is -0.447. The molecule has 19 heavy (non-hydrogen) atoms. The van der Waals surface area contributed by atoms with Crippen LogP contribution in [-0.2, 0) is 0 Å². The molecule has 0 saturated heterocycles. The van der Waals surface area contributed by atoms with Gasteiger partial charge in [0.2, 0.25) is 0 Å². The summed E-state index contributed by atoms with van der Waals surface area (Å²) in [4.78, 5) is 0. The van der Waals surface area contributed by atoms with Crippen molar-refractivity contribution in [2.24, 2.45) is 0 Å². The van der Waals surface area contributed by atoms with Crippen molar-refractivity contribution >= 4 is 11.3 Å². The molecule has 1 aromatic heterocycles. The Morgan fingerprint density at radius 3 is 2.53 bits per heavy atom. The molecule has 2 nitrogen and oxygen atoms in total. The van der Waals surface area contributed by atoms with Gasteiger partial charge in [0.1, 0.15) is 5.82 Å². The van der Waals surface area contributed by atoms with Crippen LogP contribution in [0.1, 0.15) is 29.4 Å². The first-order chi connectivity index (χ1) is 9.27. The summed E-state index contributed by atoms with van der Waals surface area (Å²) in [5, 5.41) is 21.8. The number of halogens is 1. The lowest BCUT2D eigenvalue weighted by Crippen LogP contribution is -2.12. The van der Waals surface area contributed by atoms with Gasteiger partial charge in [-0.2, -0.15) is 5.26 Å². The summed E-state index contributed by atoms with van der Waals surface area (Å²) in [5.74, 6) is -1.05. The van der Waals surface area contributed by atoms with Crippen LogP contribution < -0.4 is 0 Å². The van der Waals surface area contributed by atoms with Crippen LogP contribution in [0.4, 0.5) is 4.39 Å². The highest BCUT2D eigenvalue weighted by molar-refractivity contribution is 7.08. The van der Waals surface area contributed by atoms with E-state index in [1.807, 2.05) is 30.3 Å². The second kappa shape index (κ2) is 6.46. The third kappa shape index (κ3) is 3.01. The summed E-state index contributed by atoms with van der Waals surface area (Å²) in [6.45, 7) is -0.0645. The lowest BCUT2D eigenvalue weighted by atomic mass is 9.81. The molecule has 0 aliphatic carbocycles. The first-order valence-electron chi connectivity index (χ1n) is 6.05. The monoisotopic (exact) mass is 275 g/mol. The summed E-state index contributed by atoms with van der Waals surface area (Å²) in [6.07, 6.45) is 0.376. The molecule has 0 fully saturated rings. The SMILES string of the molecule is N#C[C@@H](c1ccccc1)[C@@H](CCO)c1cscc1F. The maximum absolute atomic E-state index is 13.8. The molecule has 2 aromatic rings. The topological polar surface area (TPSA) is 44.0 Å². The van der Waals surface area contributed by atoms with Gasteiger partial charge in [0.15, 0.2) is 0 Å². The predicted molar refractivity (Wildman–Crippen MR) is 73.5 cm³/mol. The highest BCUT2D eigenvalue weighted by Gasteiger charge is 2.27. The maximum Gasteiger partial charge on any atom is 0.137 e. The molecular formula is C15H14FNOS. The molecule has 2 rings (SSSR count). The van der Waals surface area contributed by atoms with Crippen molar-refractivity contribution in [3.63, 3.8) is 0 Å². The molecule has 0 aliphatic heterocycles. The average Bonchev–Trinajstić information content (AvgIpc) is 2.86. The van der Waals surface area contributed by atoms with E-state index in [0.717, 1.165) is 5.56 Å². The number of aliphatic hydroxyl groups is 1. The van der Waals surface area contributed by atoms with E-state index in [0.29, 0.717) is 12.0 Å². The Hall–Kier alpha value is -1.70. The summed E-state index contributed by atoms with van der Waals surface area (Å²) in [7, 11) is 0. The Kier molecular flexibility index (Phi) is 4.67. The van der Waals surface area contributed by atoms with Crippen LogP contribution >= 0.6 is 11.3 Å². The zero-order chi connectivity index (χ0) is 13.7. The number of nitriles is 1. The van der Waals surface area contributed by atoms with Crippen molar-refractivity contribution in [3.8, 4) is 6.07 Å². The number of rotatable bonds is 5. The first-order valence-corrected chi connectivity index (χ1v) is 6.99. The van der Waals surface area contributed by atoms with Crippen molar-refractivity contribution in [1.29, 1.82) is 5.26 Å². The number of hydrogen-bond donors (Lipinski definition) is 1. The Morgan fingerprint density at radius 1 is 1.26 bits per heavy atom. The van der Waals surface area contributed by atoms with Gasteiger partial charge < -0.3 is 5.11 Å². The molecule has 4 heteroatoms. The molecule has 0 radical (unpaired) electrons. The number of thiophene rings is 1. The van der Waals surface area contributed by atoms with E-state index in [4.69, 9.17) is 0 Å². The Morgan fingerprint density at radius 2 is 2.00 bits per heavy atom. The summed E-state index contributed by atoms with van der Waals surface area (Å²) in [6, 6.07) is 11.6. The molecule has 0 spiro atoms. The second-order valence-corrected chi connectivity index (χ2v) is 5.05. The maximum atomic E-state index is 13.8. The quantitative estimate of drug-likeness (QED) is 0.905. The summed E-state index contributed by atoms with van der Waals surface area (Å²) in [5.41, 5.74) is 1.38. The van der Waals surface area contributed by atoms with Gasteiger partial charge in [0.25, 0.3) is 0 Å². The van der Waals surface area contributed by atoms with Crippen molar-refractivity contribution < 1.29 is 9.50 Å². The van der Waals surface area contributed by atoms with Gasteiger partial charge >= 0.3 is 0 Å². The number of aliphatic hydroxyl groups excluding tert-OH is 1. The second-order valence-electron chi connectivity index (χ2n) is 4.31. The molecule has 0 unspecified atom stereocenters. The third-order valence-electron chi connectivity index (χ3n) is 3.18. The van der Waals surface area contributed by atoms with E-state index in [-0.39, 0.29) is 18.3 Å². The number of benzene rings is 1. The van der Waals surface area contributed by atoms with E-state index >= 15 is 0 Å². The van der Waals surface area contributed by atoms with Crippen molar-refractivity contribution in [1.82, 2.24) is 0 Å². The van der Waals surface area contributed by atoms with E-state index in [1.54, 1.807) is 5.38 Å². The van der Waals surface area contributed by atoms with Gasteiger partial charge in [-0.05, 0) is 17.4 Å². The molecule has 1 N–H and O–H groups in total. The minimum absolute atomic E-state index is 0.0645. The molecule has 0 aliphatic rings. The van der Waals surface area contributed by atoms with Crippen LogP contribution in [0.2, 0.25) is 0 Å². The molecule has 1 aromatic carbocycles. The fourth-order valence-electron chi connectivity index (χ4n) is 2.25.